The first kappa shape index (κ1) is 26.2. The van der Waals surface area contributed by atoms with Gasteiger partial charge in [-0.15, -0.1) is 0 Å². The third kappa shape index (κ3) is 4.87. The minimum absolute atomic E-state index is 0.00654. The molecular formula is C33H26Cl2N2O3. The van der Waals surface area contributed by atoms with Crippen LogP contribution < -0.4 is 15.0 Å². The normalized spacial score (nSPS) is 18.4. The number of methoxy groups -OCH3 is 1. The molecule has 2 aliphatic rings. The summed E-state index contributed by atoms with van der Waals surface area (Å²) in [4.78, 5) is 30.2. The lowest BCUT2D eigenvalue weighted by Crippen LogP contribution is -2.38. The number of hydrogen-bond donors (Lipinski definition) is 1. The second kappa shape index (κ2) is 10.8. The summed E-state index contributed by atoms with van der Waals surface area (Å²) in [5, 5.41) is 4.59. The number of Topliss-reactive ketones (excluding diaryl/α,β-unsaturated/α-hetero) is 1. The molecular weight excluding hydrogens is 543 g/mol. The van der Waals surface area contributed by atoms with Gasteiger partial charge in [-0.1, -0.05) is 65.7 Å². The summed E-state index contributed by atoms with van der Waals surface area (Å²) < 4.78 is 5.54. The van der Waals surface area contributed by atoms with E-state index in [4.69, 9.17) is 27.9 Å². The number of hydrogen-bond acceptors (Lipinski definition) is 4. The van der Waals surface area contributed by atoms with Crippen molar-refractivity contribution in [2.45, 2.75) is 24.8 Å². The maximum absolute atomic E-state index is 14.4. The number of fused-ring (bicyclic) bond motifs is 1. The van der Waals surface area contributed by atoms with Gasteiger partial charge in [-0.05, 0) is 78.1 Å². The van der Waals surface area contributed by atoms with Crippen LogP contribution >= 0.6 is 23.2 Å². The van der Waals surface area contributed by atoms with Crippen LogP contribution in [0.15, 0.2) is 108 Å². The first-order valence-corrected chi connectivity index (χ1v) is 13.8. The van der Waals surface area contributed by atoms with Crippen molar-refractivity contribution >= 4 is 46.3 Å². The molecule has 0 saturated heterocycles. The van der Waals surface area contributed by atoms with Crippen molar-refractivity contribution in [3.63, 3.8) is 0 Å². The summed E-state index contributed by atoms with van der Waals surface area (Å²) in [6.07, 6.45) is 0.950. The highest BCUT2D eigenvalue weighted by atomic mass is 35.5. The summed E-state index contributed by atoms with van der Waals surface area (Å²) in [6, 6.07) is 29.1. The van der Waals surface area contributed by atoms with Gasteiger partial charge < -0.3 is 10.1 Å². The zero-order chi connectivity index (χ0) is 27.8. The van der Waals surface area contributed by atoms with Gasteiger partial charge in [0.05, 0.1) is 24.5 Å². The molecule has 1 amide bonds. The van der Waals surface area contributed by atoms with Crippen molar-refractivity contribution in [3.8, 4) is 5.75 Å². The first-order chi connectivity index (χ1) is 19.4. The number of ketones is 1. The lowest BCUT2D eigenvalue weighted by molar-refractivity contribution is -0.116. The van der Waals surface area contributed by atoms with Crippen LogP contribution in [0.25, 0.3) is 0 Å². The van der Waals surface area contributed by atoms with Crippen LogP contribution in [0.3, 0.4) is 0 Å². The summed E-state index contributed by atoms with van der Waals surface area (Å²) >= 11 is 12.6. The fourth-order valence-electron chi connectivity index (χ4n) is 5.66. The molecule has 1 N–H and O–H groups in total. The smallest absolute Gasteiger partial charge is 0.259 e. The fourth-order valence-corrected chi connectivity index (χ4v) is 5.96. The number of allylic oxidation sites excluding steroid dienone is 1. The molecule has 1 aliphatic heterocycles. The molecule has 7 heteroatoms. The minimum Gasteiger partial charge on any atom is -0.497 e. The number of anilines is 2. The van der Waals surface area contributed by atoms with Gasteiger partial charge in [-0.2, -0.15) is 0 Å². The number of carbonyl (C=O) groups excluding carboxylic acids is 2. The van der Waals surface area contributed by atoms with Crippen LogP contribution in [0.4, 0.5) is 11.4 Å². The number of nitrogens with zero attached hydrogens (tertiary/aromatic N) is 1. The number of halogens is 2. The highest BCUT2D eigenvalue weighted by molar-refractivity contribution is 6.31. The molecule has 5 nitrogen and oxygen atoms in total. The van der Waals surface area contributed by atoms with Crippen LogP contribution in [-0.2, 0) is 4.79 Å². The molecule has 0 radical (unpaired) electrons. The number of amides is 1. The van der Waals surface area contributed by atoms with E-state index in [1.54, 1.807) is 48.4 Å². The van der Waals surface area contributed by atoms with Crippen LogP contribution in [0, 0.1) is 0 Å². The standard InChI is InChI=1S/C33H26Cl2N2O3/c1-40-26-9-5-8-22(16-26)32-31-28(17-23(18-30(31)38)20-6-3-2-4-7-20)36-27-19-25(35)14-15-29(27)37(32)33(39)21-10-12-24(34)13-11-21/h2-16,19,23,32,36H,17-18H2,1H3/t23-,32-/m1/s1. The highest BCUT2D eigenvalue weighted by Crippen LogP contribution is 2.48. The van der Waals surface area contributed by atoms with E-state index in [2.05, 4.69) is 17.4 Å². The quantitative estimate of drug-likeness (QED) is 0.269. The first-order valence-electron chi connectivity index (χ1n) is 13.0. The van der Waals surface area contributed by atoms with Crippen LogP contribution in [0.1, 0.15) is 46.3 Å². The van der Waals surface area contributed by atoms with Crippen molar-refractivity contribution in [3.05, 3.63) is 135 Å². The van der Waals surface area contributed by atoms with E-state index in [1.165, 1.54) is 0 Å². The van der Waals surface area contributed by atoms with E-state index in [9.17, 15) is 9.59 Å². The predicted molar refractivity (Wildman–Crippen MR) is 160 cm³/mol. The van der Waals surface area contributed by atoms with Crippen molar-refractivity contribution < 1.29 is 14.3 Å². The SMILES string of the molecule is COc1cccc([C@@H]2C3=C(C[C@@H](c4ccccc4)CC3=O)Nc3cc(Cl)ccc3N2C(=O)c2ccc(Cl)cc2)c1. The molecule has 4 aromatic carbocycles. The maximum atomic E-state index is 14.4. The van der Waals surface area contributed by atoms with Crippen LogP contribution in [-0.4, -0.2) is 18.8 Å². The van der Waals surface area contributed by atoms with Gasteiger partial charge in [0.15, 0.2) is 5.78 Å². The van der Waals surface area contributed by atoms with Crippen molar-refractivity contribution in [2.24, 2.45) is 0 Å². The Balaban J connectivity index is 1.59. The maximum Gasteiger partial charge on any atom is 0.259 e. The van der Waals surface area contributed by atoms with E-state index >= 15 is 0 Å². The van der Waals surface area contributed by atoms with Crippen molar-refractivity contribution in [1.82, 2.24) is 0 Å². The number of rotatable bonds is 4. The molecule has 0 aromatic heterocycles. The molecule has 0 spiro atoms. The van der Waals surface area contributed by atoms with Gasteiger partial charge in [-0.3, -0.25) is 14.5 Å². The Hall–Kier alpha value is -4.06. The molecule has 2 atom stereocenters. The largest absolute Gasteiger partial charge is 0.497 e. The zero-order valence-electron chi connectivity index (χ0n) is 21.7. The number of ether oxygens (including phenoxy) is 1. The molecule has 4 aromatic rings. The van der Waals surface area contributed by atoms with Crippen molar-refractivity contribution in [1.29, 1.82) is 0 Å². The Morgan fingerprint density at radius 2 is 1.57 bits per heavy atom. The van der Waals surface area contributed by atoms with Gasteiger partial charge in [0.1, 0.15) is 5.75 Å². The summed E-state index contributed by atoms with van der Waals surface area (Å²) in [5.74, 6) is 0.370. The van der Waals surface area contributed by atoms with E-state index in [-0.39, 0.29) is 17.6 Å². The highest BCUT2D eigenvalue weighted by Gasteiger charge is 2.42. The fraction of sp³-hybridized carbons (Fsp3) is 0.152. The van der Waals surface area contributed by atoms with Gasteiger partial charge in [0.2, 0.25) is 0 Å². The summed E-state index contributed by atoms with van der Waals surface area (Å²) in [5.41, 5.74) is 4.96. The Kier molecular flexibility index (Phi) is 7.09. The second-order valence-corrected chi connectivity index (χ2v) is 10.9. The molecule has 0 saturated carbocycles. The topological polar surface area (TPSA) is 58.6 Å². The summed E-state index contributed by atoms with van der Waals surface area (Å²) in [7, 11) is 1.60. The average molecular weight is 569 g/mol. The predicted octanol–water partition coefficient (Wildman–Crippen LogP) is 8.22. The lowest BCUT2D eigenvalue weighted by atomic mass is 9.78. The molecule has 0 unspecified atom stereocenters. The van der Waals surface area contributed by atoms with Gasteiger partial charge in [0.25, 0.3) is 5.91 Å². The minimum atomic E-state index is -0.701. The van der Waals surface area contributed by atoms with Gasteiger partial charge in [0, 0.05) is 33.3 Å². The number of nitrogens with one attached hydrogen (secondary N) is 1. The molecule has 1 heterocycles. The number of carbonyl (C=O) groups is 2. The van der Waals surface area contributed by atoms with Crippen LogP contribution in [0.2, 0.25) is 10.0 Å². The van der Waals surface area contributed by atoms with Crippen LogP contribution in [0.5, 0.6) is 5.75 Å². The Bertz CT molecular complexity index is 1630. The molecule has 6 rings (SSSR count). The molecule has 200 valence electrons. The van der Waals surface area contributed by atoms with Gasteiger partial charge in [-0.25, -0.2) is 0 Å². The Morgan fingerprint density at radius 1 is 0.850 bits per heavy atom. The molecule has 0 bridgehead atoms. The summed E-state index contributed by atoms with van der Waals surface area (Å²) in [6.45, 7) is 0. The average Bonchev–Trinajstić information content (AvgIpc) is 3.12. The lowest BCUT2D eigenvalue weighted by Gasteiger charge is -2.35. The third-order valence-corrected chi connectivity index (χ3v) is 8.02. The van der Waals surface area contributed by atoms with Gasteiger partial charge >= 0.3 is 0 Å². The molecule has 0 fully saturated rings. The number of benzene rings is 4. The van der Waals surface area contributed by atoms with E-state index < -0.39 is 6.04 Å². The third-order valence-electron chi connectivity index (χ3n) is 7.53. The van der Waals surface area contributed by atoms with E-state index in [0.29, 0.717) is 51.1 Å². The van der Waals surface area contributed by atoms with E-state index in [1.807, 2.05) is 48.5 Å². The van der Waals surface area contributed by atoms with Crippen molar-refractivity contribution in [2.75, 3.05) is 17.3 Å². The Labute approximate surface area is 243 Å². The Morgan fingerprint density at radius 3 is 2.33 bits per heavy atom. The molecule has 40 heavy (non-hydrogen) atoms. The monoisotopic (exact) mass is 568 g/mol. The zero-order valence-corrected chi connectivity index (χ0v) is 23.2. The van der Waals surface area contributed by atoms with E-state index in [0.717, 1.165) is 16.8 Å². The molecule has 1 aliphatic carbocycles. The second-order valence-electron chi connectivity index (χ2n) is 9.98.